The molecule has 1 aromatic rings. The van der Waals surface area contributed by atoms with E-state index in [1.165, 1.54) is 0 Å². The number of para-hydroxylation sites is 1. The van der Waals surface area contributed by atoms with Crippen LogP contribution in [0.15, 0.2) is 24.3 Å². The molecule has 19 heavy (non-hydrogen) atoms. The summed E-state index contributed by atoms with van der Waals surface area (Å²) in [6.45, 7) is 1.82. The molecular weight excluding hydrogens is 242 g/mol. The van der Waals surface area contributed by atoms with Crippen LogP contribution in [0.2, 0.25) is 0 Å². The van der Waals surface area contributed by atoms with Gasteiger partial charge in [-0.25, -0.2) is 0 Å². The van der Waals surface area contributed by atoms with Crippen LogP contribution in [-0.4, -0.2) is 41.7 Å². The van der Waals surface area contributed by atoms with E-state index in [0.717, 1.165) is 37.1 Å². The number of nitrogens with zero attached hydrogens (tertiary/aromatic N) is 1. The van der Waals surface area contributed by atoms with Gasteiger partial charge in [0.25, 0.3) is 0 Å². The number of amides is 1. The maximum atomic E-state index is 12.6. The van der Waals surface area contributed by atoms with Gasteiger partial charge in [-0.05, 0) is 25.3 Å². The molecule has 102 valence electrons. The number of ether oxygens (including phenoxy) is 1. The number of carbonyl (C=O) groups excluding carboxylic acids is 1. The Morgan fingerprint density at radius 3 is 3.00 bits per heavy atom. The predicted octanol–water partition coefficient (Wildman–Crippen LogP) is 1.54. The lowest BCUT2D eigenvalue weighted by Gasteiger charge is -2.34. The van der Waals surface area contributed by atoms with Gasteiger partial charge in [-0.15, -0.1) is 0 Å². The Hall–Kier alpha value is -1.55. The largest absolute Gasteiger partial charge is 0.493 e. The van der Waals surface area contributed by atoms with Gasteiger partial charge in [0.15, 0.2) is 0 Å². The third kappa shape index (κ3) is 2.45. The average Bonchev–Trinajstić information content (AvgIpc) is 2.46. The van der Waals surface area contributed by atoms with Crippen LogP contribution in [0.5, 0.6) is 5.75 Å². The molecule has 1 fully saturated rings. The first-order chi connectivity index (χ1) is 9.25. The quantitative estimate of drug-likeness (QED) is 0.834. The first-order valence-electron chi connectivity index (χ1n) is 6.94. The van der Waals surface area contributed by atoms with Crippen LogP contribution < -0.4 is 4.74 Å². The third-order valence-electron chi connectivity index (χ3n) is 3.96. The molecule has 2 aliphatic heterocycles. The summed E-state index contributed by atoms with van der Waals surface area (Å²) in [6, 6.07) is 7.76. The van der Waals surface area contributed by atoms with E-state index in [2.05, 4.69) is 0 Å². The number of β-amino-alcohol motifs (C(OH)–C–C–N with tert-alkyl or cyclic N) is 1. The van der Waals surface area contributed by atoms with Crippen molar-refractivity contribution in [3.05, 3.63) is 29.8 Å². The van der Waals surface area contributed by atoms with Gasteiger partial charge in [0.2, 0.25) is 5.91 Å². The molecule has 2 atom stereocenters. The van der Waals surface area contributed by atoms with Gasteiger partial charge in [-0.3, -0.25) is 4.79 Å². The smallest absolute Gasteiger partial charge is 0.230 e. The van der Waals surface area contributed by atoms with Gasteiger partial charge >= 0.3 is 0 Å². The molecule has 0 aromatic heterocycles. The second-order valence-electron chi connectivity index (χ2n) is 5.31. The number of hydrogen-bond donors (Lipinski definition) is 1. The van der Waals surface area contributed by atoms with E-state index in [9.17, 15) is 9.90 Å². The zero-order chi connectivity index (χ0) is 13.2. The Morgan fingerprint density at radius 2 is 2.16 bits per heavy atom. The molecule has 4 nitrogen and oxygen atoms in total. The number of carbonyl (C=O) groups is 1. The van der Waals surface area contributed by atoms with Crippen molar-refractivity contribution in [1.82, 2.24) is 4.90 Å². The molecule has 1 N–H and O–H groups in total. The minimum Gasteiger partial charge on any atom is -0.493 e. The van der Waals surface area contributed by atoms with E-state index in [1.807, 2.05) is 24.3 Å². The van der Waals surface area contributed by atoms with Gasteiger partial charge in [0.05, 0.1) is 18.6 Å². The number of piperidine rings is 1. The first-order valence-corrected chi connectivity index (χ1v) is 6.94. The van der Waals surface area contributed by atoms with Gasteiger partial charge < -0.3 is 14.7 Å². The molecular formula is C15H19NO3. The molecule has 0 bridgehead atoms. The first kappa shape index (κ1) is 12.5. The van der Waals surface area contributed by atoms with E-state index in [-0.39, 0.29) is 17.9 Å². The van der Waals surface area contributed by atoms with Crippen molar-refractivity contribution in [2.75, 3.05) is 19.7 Å². The molecule has 1 saturated heterocycles. The highest BCUT2D eigenvalue weighted by atomic mass is 16.5. The molecule has 3 rings (SSSR count). The van der Waals surface area contributed by atoms with E-state index >= 15 is 0 Å². The molecule has 4 heteroatoms. The van der Waals surface area contributed by atoms with Crippen molar-refractivity contribution in [1.29, 1.82) is 0 Å². The summed E-state index contributed by atoms with van der Waals surface area (Å²) in [5, 5.41) is 9.70. The second-order valence-corrected chi connectivity index (χ2v) is 5.31. The Kier molecular flexibility index (Phi) is 3.42. The van der Waals surface area contributed by atoms with Gasteiger partial charge in [0, 0.05) is 18.7 Å². The highest BCUT2D eigenvalue weighted by molar-refractivity contribution is 5.85. The number of rotatable bonds is 1. The lowest BCUT2D eigenvalue weighted by Crippen LogP contribution is -2.45. The minimum atomic E-state index is -0.368. The van der Waals surface area contributed by atoms with Crippen LogP contribution in [0.3, 0.4) is 0 Å². The zero-order valence-corrected chi connectivity index (χ0v) is 10.9. The molecule has 1 aromatic carbocycles. The maximum absolute atomic E-state index is 12.6. The molecule has 1 unspecified atom stereocenters. The number of hydrogen-bond acceptors (Lipinski definition) is 3. The Labute approximate surface area is 113 Å². The normalized spacial score (nSPS) is 26.5. The zero-order valence-electron chi connectivity index (χ0n) is 10.9. The second kappa shape index (κ2) is 5.21. The number of likely N-dealkylation sites (tertiary alicyclic amines) is 1. The molecule has 0 radical (unpaired) electrons. The van der Waals surface area contributed by atoms with Crippen LogP contribution in [-0.2, 0) is 4.79 Å². The monoisotopic (exact) mass is 261 g/mol. The molecule has 0 spiro atoms. The molecule has 1 amide bonds. The van der Waals surface area contributed by atoms with Crippen molar-refractivity contribution in [2.45, 2.75) is 31.3 Å². The van der Waals surface area contributed by atoms with Crippen LogP contribution in [0.1, 0.15) is 30.7 Å². The average molecular weight is 261 g/mol. The van der Waals surface area contributed by atoms with E-state index in [4.69, 9.17) is 4.74 Å². The highest BCUT2D eigenvalue weighted by Crippen LogP contribution is 2.35. The summed E-state index contributed by atoms with van der Waals surface area (Å²) < 4.78 is 5.59. The molecule has 2 heterocycles. The van der Waals surface area contributed by atoms with Crippen LogP contribution in [0.4, 0.5) is 0 Å². The van der Waals surface area contributed by atoms with Crippen molar-refractivity contribution in [2.24, 2.45) is 0 Å². The summed E-state index contributed by atoms with van der Waals surface area (Å²) >= 11 is 0. The van der Waals surface area contributed by atoms with Crippen LogP contribution in [0.25, 0.3) is 0 Å². The predicted molar refractivity (Wildman–Crippen MR) is 71.1 cm³/mol. The number of aliphatic hydroxyl groups excluding tert-OH is 1. The summed E-state index contributed by atoms with van der Waals surface area (Å²) in [7, 11) is 0. The molecule has 2 aliphatic rings. The van der Waals surface area contributed by atoms with Crippen LogP contribution >= 0.6 is 0 Å². The number of fused-ring (bicyclic) bond motifs is 1. The van der Waals surface area contributed by atoms with Crippen molar-refractivity contribution >= 4 is 5.91 Å². The van der Waals surface area contributed by atoms with Crippen molar-refractivity contribution in [3.8, 4) is 5.75 Å². The topological polar surface area (TPSA) is 49.8 Å². The van der Waals surface area contributed by atoms with Crippen molar-refractivity contribution in [3.63, 3.8) is 0 Å². The molecule has 0 aliphatic carbocycles. The van der Waals surface area contributed by atoms with Gasteiger partial charge in [0.1, 0.15) is 5.75 Å². The van der Waals surface area contributed by atoms with E-state index in [1.54, 1.807) is 4.90 Å². The Morgan fingerprint density at radius 1 is 1.32 bits per heavy atom. The molecule has 0 saturated carbocycles. The summed E-state index contributed by atoms with van der Waals surface area (Å²) in [4.78, 5) is 14.4. The fourth-order valence-electron chi connectivity index (χ4n) is 2.97. The maximum Gasteiger partial charge on any atom is 0.230 e. The SMILES string of the molecule is O=C(C1CCOc2ccccc21)N1CCC[C@H](O)C1. The Bertz CT molecular complexity index is 474. The van der Waals surface area contributed by atoms with Crippen molar-refractivity contribution < 1.29 is 14.6 Å². The fraction of sp³-hybridized carbons (Fsp3) is 0.533. The summed E-state index contributed by atoms with van der Waals surface area (Å²) in [5.74, 6) is 0.842. The highest BCUT2D eigenvalue weighted by Gasteiger charge is 2.32. The lowest BCUT2D eigenvalue weighted by molar-refractivity contribution is -0.136. The van der Waals surface area contributed by atoms with Crippen LogP contribution in [0, 0.1) is 0 Å². The number of aliphatic hydroxyl groups is 1. The minimum absolute atomic E-state index is 0.116. The summed E-state index contributed by atoms with van der Waals surface area (Å²) in [5.41, 5.74) is 0.985. The van der Waals surface area contributed by atoms with E-state index < -0.39 is 0 Å². The fourth-order valence-corrected chi connectivity index (χ4v) is 2.97. The number of benzene rings is 1. The van der Waals surface area contributed by atoms with Gasteiger partial charge in [-0.1, -0.05) is 18.2 Å². The summed E-state index contributed by atoms with van der Waals surface area (Å²) in [6.07, 6.45) is 2.04. The third-order valence-corrected chi connectivity index (χ3v) is 3.96. The lowest BCUT2D eigenvalue weighted by atomic mass is 9.91. The van der Waals surface area contributed by atoms with Gasteiger partial charge in [-0.2, -0.15) is 0 Å². The standard InChI is InChI=1S/C15H19NO3/c17-11-4-3-8-16(10-11)15(18)13-7-9-19-14-6-2-1-5-12(13)14/h1-2,5-6,11,13,17H,3-4,7-10H2/t11-,13?/m0/s1. The van der Waals surface area contributed by atoms with E-state index in [0.29, 0.717) is 13.2 Å². The Balaban J connectivity index is 1.81.